The maximum absolute atomic E-state index is 11.7. The van der Waals surface area contributed by atoms with Gasteiger partial charge in [0.25, 0.3) is 5.91 Å². The van der Waals surface area contributed by atoms with Gasteiger partial charge in [-0.2, -0.15) is 0 Å². The summed E-state index contributed by atoms with van der Waals surface area (Å²) >= 11 is 12.7. The lowest BCUT2D eigenvalue weighted by molar-refractivity contribution is 0.102. The quantitative estimate of drug-likeness (QED) is 0.890. The third-order valence-corrected chi connectivity index (χ3v) is 3.13. The Bertz CT molecular complexity index is 572. The lowest BCUT2D eigenvalue weighted by Crippen LogP contribution is -2.11. The van der Waals surface area contributed by atoms with E-state index in [4.69, 9.17) is 28.9 Å². The number of nitrogens with two attached hydrogens (primary N) is 1. The van der Waals surface area contributed by atoms with Crippen molar-refractivity contribution in [2.45, 2.75) is 0 Å². The fraction of sp³-hybridized carbons (Fsp3) is 0. The van der Waals surface area contributed by atoms with E-state index >= 15 is 0 Å². The summed E-state index contributed by atoms with van der Waals surface area (Å²) in [7, 11) is 0. The molecule has 0 atom stereocenters. The van der Waals surface area contributed by atoms with Crippen LogP contribution < -0.4 is 11.1 Å². The van der Waals surface area contributed by atoms with Crippen LogP contribution in [0.3, 0.4) is 0 Å². The molecule has 88 valence electrons. The van der Waals surface area contributed by atoms with Crippen molar-refractivity contribution < 1.29 is 4.79 Å². The fourth-order valence-electron chi connectivity index (χ4n) is 1.10. The zero-order valence-corrected chi connectivity index (χ0v) is 10.6. The first-order valence-corrected chi connectivity index (χ1v) is 5.99. The number of benzene rings is 1. The van der Waals surface area contributed by atoms with Crippen LogP contribution in [0.15, 0.2) is 18.2 Å². The SMILES string of the molecule is Nc1nnc(C(=O)Nc2cc(Cl)ccc2Cl)s1. The monoisotopic (exact) mass is 288 g/mol. The van der Waals surface area contributed by atoms with Crippen LogP contribution in [-0.2, 0) is 0 Å². The predicted octanol–water partition coefficient (Wildman–Crippen LogP) is 2.68. The van der Waals surface area contributed by atoms with Crippen molar-refractivity contribution in [1.82, 2.24) is 10.2 Å². The molecule has 17 heavy (non-hydrogen) atoms. The molecule has 0 saturated carbocycles. The van der Waals surface area contributed by atoms with Crippen LogP contribution >= 0.6 is 34.5 Å². The molecule has 8 heteroatoms. The Balaban J connectivity index is 2.21. The van der Waals surface area contributed by atoms with E-state index in [1.54, 1.807) is 18.2 Å². The van der Waals surface area contributed by atoms with Gasteiger partial charge in [-0.05, 0) is 18.2 Å². The topological polar surface area (TPSA) is 80.9 Å². The smallest absolute Gasteiger partial charge is 0.286 e. The Hall–Kier alpha value is -1.37. The molecular formula is C9H6Cl2N4OS. The minimum absolute atomic E-state index is 0.165. The van der Waals surface area contributed by atoms with E-state index < -0.39 is 5.91 Å². The zero-order valence-electron chi connectivity index (χ0n) is 8.28. The highest BCUT2D eigenvalue weighted by Crippen LogP contribution is 2.26. The van der Waals surface area contributed by atoms with E-state index in [0.29, 0.717) is 15.7 Å². The Morgan fingerprint density at radius 2 is 2.12 bits per heavy atom. The highest BCUT2D eigenvalue weighted by Gasteiger charge is 2.13. The molecule has 1 amide bonds. The second kappa shape index (κ2) is 4.87. The maximum Gasteiger partial charge on any atom is 0.286 e. The van der Waals surface area contributed by atoms with E-state index in [0.717, 1.165) is 11.3 Å². The maximum atomic E-state index is 11.7. The molecule has 2 aromatic rings. The lowest BCUT2D eigenvalue weighted by atomic mass is 10.3. The largest absolute Gasteiger partial charge is 0.374 e. The Morgan fingerprint density at radius 1 is 1.35 bits per heavy atom. The molecule has 2 rings (SSSR count). The van der Waals surface area contributed by atoms with E-state index in [1.165, 1.54) is 0 Å². The number of nitrogens with zero attached hydrogens (tertiary/aromatic N) is 2. The summed E-state index contributed by atoms with van der Waals surface area (Å²) in [5, 5.41) is 11.0. The van der Waals surface area contributed by atoms with Gasteiger partial charge in [0, 0.05) is 5.02 Å². The summed E-state index contributed by atoms with van der Waals surface area (Å²) in [6.07, 6.45) is 0. The minimum Gasteiger partial charge on any atom is -0.374 e. The van der Waals surface area contributed by atoms with Crippen LogP contribution in [0.25, 0.3) is 0 Å². The first-order valence-electron chi connectivity index (χ1n) is 4.41. The van der Waals surface area contributed by atoms with Crippen LogP contribution in [0.1, 0.15) is 9.80 Å². The van der Waals surface area contributed by atoms with Gasteiger partial charge in [0.2, 0.25) is 10.1 Å². The van der Waals surface area contributed by atoms with Crippen molar-refractivity contribution in [2.75, 3.05) is 11.1 Å². The van der Waals surface area contributed by atoms with Gasteiger partial charge in [0.15, 0.2) is 0 Å². The molecule has 0 saturated heterocycles. The number of nitrogens with one attached hydrogen (secondary N) is 1. The van der Waals surface area contributed by atoms with Crippen molar-refractivity contribution in [1.29, 1.82) is 0 Å². The molecular weight excluding hydrogens is 283 g/mol. The second-order valence-electron chi connectivity index (χ2n) is 3.02. The molecule has 1 aromatic heterocycles. The molecule has 0 radical (unpaired) electrons. The summed E-state index contributed by atoms with van der Waals surface area (Å²) in [6, 6.07) is 4.77. The highest BCUT2D eigenvalue weighted by atomic mass is 35.5. The van der Waals surface area contributed by atoms with Crippen LogP contribution in [-0.4, -0.2) is 16.1 Å². The van der Waals surface area contributed by atoms with Gasteiger partial charge >= 0.3 is 0 Å². The van der Waals surface area contributed by atoms with E-state index in [-0.39, 0.29) is 10.1 Å². The molecule has 0 aliphatic rings. The minimum atomic E-state index is -0.427. The van der Waals surface area contributed by atoms with Gasteiger partial charge in [0.1, 0.15) is 0 Å². The van der Waals surface area contributed by atoms with Gasteiger partial charge in [-0.25, -0.2) is 0 Å². The number of aromatic nitrogens is 2. The summed E-state index contributed by atoms with van der Waals surface area (Å²) < 4.78 is 0. The summed E-state index contributed by atoms with van der Waals surface area (Å²) in [5.74, 6) is -0.427. The van der Waals surface area contributed by atoms with Crippen molar-refractivity contribution >= 4 is 51.3 Å². The van der Waals surface area contributed by atoms with Crippen molar-refractivity contribution in [3.8, 4) is 0 Å². The van der Waals surface area contributed by atoms with Gasteiger partial charge in [-0.1, -0.05) is 34.5 Å². The normalized spacial score (nSPS) is 10.2. The van der Waals surface area contributed by atoms with Crippen LogP contribution in [0.4, 0.5) is 10.8 Å². The van der Waals surface area contributed by atoms with E-state index in [2.05, 4.69) is 15.5 Å². The number of hydrogen-bond acceptors (Lipinski definition) is 5. The molecule has 0 spiro atoms. The summed E-state index contributed by atoms with van der Waals surface area (Å²) in [6.45, 7) is 0. The number of anilines is 2. The molecule has 5 nitrogen and oxygen atoms in total. The van der Waals surface area contributed by atoms with Gasteiger partial charge in [-0.15, -0.1) is 10.2 Å². The van der Waals surface area contributed by atoms with Gasteiger partial charge in [-0.3, -0.25) is 4.79 Å². The number of rotatable bonds is 2. The summed E-state index contributed by atoms with van der Waals surface area (Å²) in [5.41, 5.74) is 5.80. The van der Waals surface area contributed by atoms with Gasteiger partial charge < -0.3 is 11.1 Å². The zero-order chi connectivity index (χ0) is 12.4. The number of carbonyl (C=O) groups is 1. The molecule has 0 fully saturated rings. The number of halogens is 2. The third-order valence-electron chi connectivity index (χ3n) is 1.81. The van der Waals surface area contributed by atoms with E-state index in [1.807, 2.05) is 0 Å². The average molecular weight is 289 g/mol. The number of hydrogen-bond donors (Lipinski definition) is 2. The molecule has 1 heterocycles. The molecule has 0 aliphatic carbocycles. The van der Waals surface area contributed by atoms with Crippen molar-refractivity contribution in [3.63, 3.8) is 0 Å². The number of nitrogen functional groups attached to an aromatic ring is 1. The second-order valence-corrected chi connectivity index (χ2v) is 4.88. The summed E-state index contributed by atoms with van der Waals surface area (Å²) in [4.78, 5) is 11.7. The first kappa shape index (κ1) is 12.1. The Morgan fingerprint density at radius 3 is 2.76 bits per heavy atom. The third kappa shape index (κ3) is 2.85. The number of amides is 1. The molecule has 1 aromatic carbocycles. The standard InChI is InChI=1S/C9H6Cl2N4OS/c10-4-1-2-5(11)6(3-4)13-7(16)8-14-15-9(12)17-8/h1-3H,(H2,12,15)(H,13,16). The van der Waals surface area contributed by atoms with Crippen LogP contribution in [0.5, 0.6) is 0 Å². The van der Waals surface area contributed by atoms with Gasteiger partial charge in [0.05, 0.1) is 10.7 Å². The Kier molecular flexibility index (Phi) is 3.46. The highest BCUT2D eigenvalue weighted by molar-refractivity contribution is 7.17. The van der Waals surface area contributed by atoms with Crippen molar-refractivity contribution in [3.05, 3.63) is 33.3 Å². The molecule has 0 bridgehead atoms. The Labute approximate surface area is 111 Å². The first-order chi connectivity index (χ1) is 8.06. The number of carbonyl (C=O) groups excluding carboxylic acids is 1. The van der Waals surface area contributed by atoms with Crippen LogP contribution in [0, 0.1) is 0 Å². The predicted molar refractivity (Wildman–Crippen MR) is 68.7 cm³/mol. The molecule has 0 unspecified atom stereocenters. The average Bonchev–Trinajstić information content (AvgIpc) is 2.70. The van der Waals surface area contributed by atoms with Crippen molar-refractivity contribution in [2.24, 2.45) is 0 Å². The molecule has 3 N–H and O–H groups in total. The fourth-order valence-corrected chi connectivity index (χ4v) is 1.94. The van der Waals surface area contributed by atoms with E-state index in [9.17, 15) is 4.79 Å². The van der Waals surface area contributed by atoms with Crippen LogP contribution in [0.2, 0.25) is 10.0 Å². The molecule has 0 aliphatic heterocycles. The lowest BCUT2D eigenvalue weighted by Gasteiger charge is -2.05.